The van der Waals surface area contributed by atoms with Crippen LogP contribution in [0.25, 0.3) is 11.2 Å². The van der Waals surface area contributed by atoms with Crippen molar-refractivity contribution in [2.45, 2.75) is 0 Å². The summed E-state index contributed by atoms with van der Waals surface area (Å²) in [7, 11) is 0. The number of halogens is 1. The maximum Gasteiger partial charge on any atom is 0.269 e. The van der Waals surface area contributed by atoms with Crippen LogP contribution in [-0.4, -0.2) is 25.8 Å². The number of hydrogen-bond acceptors (Lipinski definition) is 5. The second kappa shape index (κ2) is 5.14. The van der Waals surface area contributed by atoms with Crippen molar-refractivity contribution in [3.63, 3.8) is 0 Å². The minimum absolute atomic E-state index is 0.321. The molecule has 3 rings (SSSR count). The normalized spacial score (nSPS) is 10.4. The third-order valence-electron chi connectivity index (χ3n) is 2.60. The molecule has 0 unspecified atom stereocenters. The summed E-state index contributed by atoms with van der Waals surface area (Å²) in [5, 5.41) is 0.496. The first kappa shape index (κ1) is 12.4. The van der Waals surface area contributed by atoms with Gasteiger partial charge in [-0.05, 0) is 18.2 Å². The topological polar surface area (TPSA) is 95.6 Å². The zero-order valence-electron chi connectivity index (χ0n) is 10.1. The van der Waals surface area contributed by atoms with Gasteiger partial charge in [0.25, 0.3) is 5.91 Å². The van der Waals surface area contributed by atoms with Crippen molar-refractivity contribution in [3.05, 3.63) is 47.5 Å². The van der Waals surface area contributed by atoms with Gasteiger partial charge in [-0.1, -0.05) is 17.7 Å². The molecule has 20 heavy (non-hydrogen) atoms. The molecule has 7 nitrogen and oxygen atoms in total. The van der Waals surface area contributed by atoms with E-state index < -0.39 is 0 Å². The number of aromatic nitrogens is 4. The minimum Gasteiger partial charge on any atom is -0.340 e. The number of hydrazine groups is 1. The molecular formula is C12H9ClN6O. The molecule has 0 aliphatic heterocycles. The standard InChI is InChI=1S/C12H9ClN6O/c13-8-3-1-2-7(4-8)12(20)19-18-11-9-10(15-5-14-9)16-6-17-11/h1-6H,(H,19,20)(H2,14,15,16,17,18). The lowest BCUT2D eigenvalue weighted by molar-refractivity contribution is 0.0962. The highest BCUT2D eigenvalue weighted by molar-refractivity contribution is 6.30. The van der Waals surface area contributed by atoms with Crippen molar-refractivity contribution in [1.82, 2.24) is 25.4 Å². The predicted octanol–water partition coefficient (Wildman–Crippen LogP) is 1.76. The van der Waals surface area contributed by atoms with Gasteiger partial charge in [0.15, 0.2) is 11.5 Å². The number of rotatable bonds is 3. The summed E-state index contributed by atoms with van der Waals surface area (Å²) in [5.74, 6) is 0.113. The number of nitrogens with one attached hydrogen (secondary N) is 3. The Morgan fingerprint density at radius 1 is 1.25 bits per heavy atom. The van der Waals surface area contributed by atoms with Gasteiger partial charge in [-0.3, -0.25) is 15.6 Å². The minimum atomic E-state index is -0.321. The Hall–Kier alpha value is -2.67. The molecule has 2 heterocycles. The quantitative estimate of drug-likeness (QED) is 0.638. The van der Waals surface area contributed by atoms with Crippen LogP contribution in [0.4, 0.5) is 5.82 Å². The van der Waals surface area contributed by atoms with Crippen LogP contribution in [0.3, 0.4) is 0 Å². The average Bonchev–Trinajstić information content (AvgIpc) is 2.93. The number of nitrogens with zero attached hydrogens (tertiary/aromatic N) is 3. The van der Waals surface area contributed by atoms with E-state index in [1.54, 1.807) is 24.3 Å². The molecular weight excluding hydrogens is 280 g/mol. The van der Waals surface area contributed by atoms with Gasteiger partial charge in [-0.15, -0.1) is 0 Å². The van der Waals surface area contributed by atoms with E-state index in [0.717, 1.165) is 0 Å². The van der Waals surface area contributed by atoms with Crippen LogP contribution in [0, 0.1) is 0 Å². The van der Waals surface area contributed by atoms with Crippen molar-refractivity contribution in [3.8, 4) is 0 Å². The maximum atomic E-state index is 11.9. The van der Waals surface area contributed by atoms with Gasteiger partial charge in [-0.25, -0.2) is 15.0 Å². The molecule has 0 atom stereocenters. The van der Waals surface area contributed by atoms with Gasteiger partial charge in [0.1, 0.15) is 11.8 Å². The zero-order valence-corrected chi connectivity index (χ0v) is 10.8. The van der Waals surface area contributed by atoms with Crippen molar-refractivity contribution in [2.75, 3.05) is 5.43 Å². The van der Waals surface area contributed by atoms with Crippen LogP contribution in [0.15, 0.2) is 36.9 Å². The summed E-state index contributed by atoms with van der Waals surface area (Å²) in [6.45, 7) is 0. The second-order valence-corrected chi connectivity index (χ2v) is 4.35. The van der Waals surface area contributed by atoms with E-state index in [1.165, 1.54) is 12.7 Å². The van der Waals surface area contributed by atoms with Crippen molar-refractivity contribution >= 4 is 34.5 Å². The summed E-state index contributed by atoms with van der Waals surface area (Å²) in [4.78, 5) is 26.8. The molecule has 1 amide bonds. The fraction of sp³-hybridized carbons (Fsp3) is 0. The summed E-state index contributed by atoms with van der Waals surface area (Å²) in [5.41, 5.74) is 6.83. The largest absolute Gasteiger partial charge is 0.340 e. The number of H-pyrrole nitrogens is 1. The molecule has 0 saturated carbocycles. The van der Waals surface area contributed by atoms with Crippen LogP contribution in [0.2, 0.25) is 5.02 Å². The molecule has 0 spiro atoms. The number of amides is 1. The van der Waals surface area contributed by atoms with E-state index in [-0.39, 0.29) is 5.91 Å². The van der Waals surface area contributed by atoms with Gasteiger partial charge in [0.05, 0.1) is 6.33 Å². The number of aromatic amines is 1. The molecule has 0 radical (unpaired) electrons. The van der Waals surface area contributed by atoms with Crippen LogP contribution < -0.4 is 10.9 Å². The first-order chi connectivity index (χ1) is 9.74. The van der Waals surface area contributed by atoms with Crippen LogP contribution >= 0.6 is 11.6 Å². The van der Waals surface area contributed by atoms with Gasteiger partial charge < -0.3 is 4.98 Å². The van der Waals surface area contributed by atoms with E-state index in [9.17, 15) is 4.79 Å². The lowest BCUT2D eigenvalue weighted by Gasteiger charge is -2.08. The fourth-order valence-electron chi connectivity index (χ4n) is 1.68. The molecule has 2 aromatic heterocycles. The molecule has 0 aliphatic rings. The predicted molar refractivity (Wildman–Crippen MR) is 74.2 cm³/mol. The highest BCUT2D eigenvalue weighted by Crippen LogP contribution is 2.14. The van der Waals surface area contributed by atoms with Crippen LogP contribution in [-0.2, 0) is 0 Å². The van der Waals surface area contributed by atoms with Gasteiger partial charge in [0, 0.05) is 10.6 Å². The van der Waals surface area contributed by atoms with E-state index in [0.29, 0.717) is 27.6 Å². The smallest absolute Gasteiger partial charge is 0.269 e. The fourth-order valence-corrected chi connectivity index (χ4v) is 1.87. The van der Waals surface area contributed by atoms with Crippen molar-refractivity contribution in [2.24, 2.45) is 0 Å². The molecule has 0 bridgehead atoms. The molecule has 0 fully saturated rings. The molecule has 3 N–H and O–H groups in total. The monoisotopic (exact) mass is 288 g/mol. The second-order valence-electron chi connectivity index (χ2n) is 3.91. The van der Waals surface area contributed by atoms with E-state index >= 15 is 0 Å². The number of imidazole rings is 1. The zero-order chi connectivity index (χ0) is 13.9. The number of carbonyl (C=O) groups excluding carboxylic acids is 1. The number of benzene rings is 1. The lowest BCUT2D eigenvalue weighted by atomic mass is 10.2. The SMILES string of the molecule is O=C(NNc1ncnc2nc[nH]c12)c1cccc(Cl)c1. The average molecular weight is 289 g/mol. The Labute approximate surface area is 118 Å². The summed E-state index contributed by atoms with van der Waals surface area (Å²) in [6, 6.07) is 6.64. The number of fused-ring (bicyclic) bond motifs is 1. The lowest BCUT2D eigenvalue weighted by Crippen LogP contribution is -2.29. The number of carbonyl (C=O) groups is 1. The van der Waals surface area contributed by atoms with Crippen LogP contribution in [0.5, 0.6) is 0 Å². The molecule has 100 valence electrons. The third-order valence-corrected chi connectivity index (χ3v) is 2.84. The van der Waals surface area contributed by atoms with Crippen molar-refractivity contribution < 1.29 is 4.79 Å². The number of hydrogen-bond donors (Lipinski definition) is 3. The van der Waals surface area contributed by atoms with E-state index in [1.807, 2.05) is 0 Å². The highest BCUT2D eigenvalue weighted by Gasteiger charge is 2.08. The number of anilines is 1. The van der Waals surface area contributed by atoms with Gasteiger partial charge in [0.2, 0.25) is 0 Å². The van der Waals surface area contributed by atoms with E-state index in [4.69, 9.17) is 11.6 Å². The third kappa shape index (κ3) is 2.39. The Morgan fingerprint density at radius 3 is 3.00 bits per heavy atom. The Balaban J connectivity index is 1.76. The Kier molecular flexibility index (Phi) is 3.18. The molecule has 3 aromatic rings. The molecule has 1 aromatic carbocycles. The maximum absolute atomic E-state index is 11.9. The van der Waals surface area contributed by atoms with E-state index in [2.05, 4.69) is 30.8 Å². The van der Waals surface area contributed by atoms with Crippen molar-refractivity contribution in [1.29, 1.82) is 0 Å². The summed E-state index contributed by atoms with van der Waals surface area (Å²) < 4.78 is 0. The summed E-state index contributed by atoms with van der Waals surface area (Å²) in [6.07, 6.45) is 2.86. The first-order valence-electron chi connectivity index (χ1n) is 5.70. The molecule has 0 aliphatic carbocycles. The molecule has 0 saturated heterocycles. The Bertz CT molecular complexity index is 771. The van der Waals surface area contributed by atoms with Gasteiger partial charge in [-0.2, -0.15) is 0 Å². The van der Waals surface area contributed by atoms with Crippen LogP contribution in [0.1, 0.15) is 10.4 Å². The highest BCUT2D eigenvalue weighted by atomic mass is 35.5. The first-order valence-corrected chi connectivity index (χ1v) is 6.08. The Morgan fingerprint density at radius 2 is 2.15 bits per heavy atom. The molecule has 8 heteroatoms. The van der Waals surface area contributed by atoms with Gasteiger partial charge >= 0.3 is 0 Å². The summed E-state index contributed by atoms with van der Waals surface area (Å²) >= 11 is 5.84.